The van der Waals surface area contributed by atoms with E-state index in [0.717, 1.165) is 0 Å². The maximum Gasteiger partial charge on any atom is 1.00 e. The van der Waals surface area contributed by atoms with E-state index in [9.17, 15) is 9.90 Å². The summed E-state index contributed by atoms with van der Waals surface area (Å²) in [7, 11) is 0. The quantitative estimate of drug-likeness (QED) is 0.648. The third-order valence-electron chi connectivity index (χ3n) is 1.03. The molecule has 0 aliphatic heterocycles. The summed E-state index contributed by atoms with van der Waals surface area (Å²) in [6, 6.07) is -0.801. The van der Waals surface area contributed by atoms with E-state index in [4.69, 9.17) is 5.73 Å². The van der Waals surface area contributed by atoms with Crippen molar-refractivity contribution in [1.29, 1.82) is 0 Å². The fraction of sp³-hybridized carbons (Fsp3) is 0.833. The molecule has 0 amide bonds. The van der Waals surface area contributed by atoms with Gasteiger partial charge in [-0.2, -0.15) is 0 Å². The molecule has 0 spiro atoms. The summed E-state index contributed by atoms with van der Waals surface area (Å²) in [5.41, 5.74) is 5.16. The topological polar surface area (TPSA) is 66.2 Å². The summed E-state index contributed by atoms with van der Waals surface area (Å²) in [5.74, 6) is -0.846. The molecule has 0 aliphatic carbocycles. The number of nitrogens with two attached hydrogens (primary N) is 1. The molecule has 0 aromatic rings. The van der Waals surface area contributed by atoms with Crippen LogP contribution in [0, 0.1) is 5.92 Å². The average Bonchev–Trinajstić information content (AvgIpc) is 1.63. The molecule has 2 N–H and O–H groups in total. The van der Waals surface area contributed by atoms with E-state index < -0.39 is 12.0 Å². The van der Waals surface area contributed by atoms with Gasteiger partial charge in [-0.1, -0.05) is 13.8 Å². The number of aliphatic carboxylic acids is 1. The van der Waals surface area contributed by atoms with Gasteiger partial charge in [-0.05, 0) is 12.3 Å². The van der Waals surface area contributed by atoms with Gasteiger partial charge in [0, 0.05) is 6.04 Å². The Bertz CT molecular complexity index is 106. The fourth-order valence-corrected chi connectivity index (χ4v) is 0.604. The van der Waals surface area contributed by atoms with Crippen molar-refractivity contribution in [3.8, 4) is 0 Å². The molecular weight excluding hydrogens is 226 g/mol. The number of carboxylic acid groups (broad SMARTS) is 1. The summed E-state index contributed by atoms with van der Waals surface area (Å²) in [4.78, 5) is 10.00. The predicted molar refractivity (Wildman–Crippen MR) is 32.4 cm³/mol. The third-order valence-corrected chi connectivity index (χ3v) is 1.03. The molecule has 0 fully saturated rings. The SMILES string of the molecule is CC(C)C[C@H](N)C(=O)[O-].[Ag+]. The van der Waals surface area contributed by atoms with Gasteiger partial charge in [-0.25, -0.2) is 0 Å². The van der Waals surface area contributed by atoms with Crippen LogP contribution in [0.25, 0.3) is 0 Å². The second-order valence-corrected chi connectivity index (χ2v) is 2.56. The molecule has 10 heavy (non-hydrogen) atoms. The van der Waals surface area contributed by atoms with Crippen molar-refractivity contribution in [2.45, 2.75) is 26.3 Å². The average molecular weight is 238 g/mol. The molecule has 0 heterocycles. The molecule has 0 aromatic heterocycles. The first kappa shape index (κ1) is 12.8. The smallest absolute Gasteiger partial charge is 0.548 e. The van der Waals surface area contributed by atoms with Crippen LogP contribution in [-0.2, 0) is 27.2 Å². The summed E-state index contributed by atoms with van der Waals surface area (Å²) >= 11 is 0. The van der Waals surface area contributed by atoms with Gasteiger partial charge < -0.3 is 15.6 Å². The maximum atomic E-state index is 10.00. The largest absolute Gasteiger partial charge is 1.00 e. The van der Waals surface area contributed by atoms with Crippen LogP contribution in [0.2, 0.25) is 0 Å². The summed E-state index contributed by atoms with van der Waals surface area (Å²) < 4.78 is 0. The van der Waals surface area contributed by atoms with Crippen molar-refractivity contribution in [2.75, 3.05) is 0 Å². The van der Waals surface area contributed by atoms with Crippen molar-refractivity contribution in [3.05, 3.63) is 0 Å². The van der Waals surface area contributed by atoms with Gasteiger partial charge in [-0.3, -0.25) is 0 Å². The van der Waals surface area contributed by atoms with Gasteiger partial charge in [0.2, 0.25) is 0 Å². The summed E-state index contributed by atoms with van der Waals surface area (Å²) in [5, 5.41) is 10.00. The minimum absolute atomic E-state index is 0. The zero-order chi connectivity index (χ0) is 7.44. The van der Waals surface area contributed by atoms with Crippen molar-refractivity contribution in [3.63, 3.8) is 0 Å². The van der Waals surface area contributed by atoms with Crippen molar-refractivity contribution in [1.82, 2.24) is 0 Å². The summed E-state index contributed by atoms with van der Waals surface area (Å²) in [6.07, 6.45) is 0.488. The zero-order valence-electron chi connectivity index (χ0n) is 6.06. The monoisotopic (exact) mass is 237 g/mol. The molecule has 0 unspecified atom stereocenters. The minimum atomic E-state index is -1.16. The second-order valence-electron chi connectivity index (χ2n) is 2.56. The molecule has 0 bridgehead atoms. The van der Waals surface area contributed by atoms with E-state index in [1.807, 2.05) is 13.8 Å². The van der Waals surface area contributed by atoms with Crippen molar-refractivity contribution >= 4 is 5.97 Å². The molecule has 3 nitrogen and oxygen atoms in total. The van der Waals surface area contributed by atoms with Crippen molar-refractivity contribution < 1.29 is 32.3 Å². The van der Waals surface area contributed by atoms with Crippen LogP contribution in [0.1, 0.15) is 20.3 Å². The maximum absolute atomic E-state index is 10.00. The molecule has 4 heteroatoms. The Morgan fingerprint density at radius 3 is 2.10 bits per heavy atom. The van der Waals surface area contributed by atoms with Crippen LogP contribution in [0.5, 0.6) is 0 Å². The van der Waals surface area contributed by atoms with Gasteiger partial charge in [0.05, 0.1) is 5.97 Å². The first-order chi connectivity index (χ1) is 4.04. The molecule has 0 radical (unpaired) electrons. The molecule has 1 atom stereocenters. The first-order valence-electron chi connectivity index (χ1n) is 3.00. The Balaban J connectivity index is 0. The number of rotatable bonds is 3. The van der Waals surface area contributed by atoms with Crippen LogP contribution in [0.15, 0.2) is 0 Å². The van der Waals surface area contributed by atoms with Gasteiger partial charge in [0.15, 0.2) is 0 Å². The molecular formula is C6H12AgNO2. The molecule has 0 rings (SSSR count). The van der Waals surface area contributed by atoms with Gasteiger partial charge >= 0.3 is 22.4 Å². The predicted octanol–water partition coefficient (Wildman–Crippen LogP) is -0.893. The van der Waals surface area contributed by atoms with Crippen LogP contribution in [0.3, 0.4) is 0 Å². The van der Waals surface area contributed by atoms with E-state index >= 15 is 0 Å². The Hall–Kier alpha value is 0.170. The number of hydrogen-bond donors (Lipinski definition) is 1. The Morgan fingerprint density at radius 1 is 1.60 bits per heavy atom. The summed E-state index contributed by atoms with van der Waals surface area (Å²) in [6.45, 7) is 3.84. The third kappa shape index (κ3) is 6.29. The van der Waals surface area contributed by atoms with E-state index in [1.165, 1.54) is 0 Å². The normalized spacial score (nSPS) is 12.4. The van der Waals surface area contributed by atoms with E-state index in [-0.39, 0.29) is 22.4 Å². The van der Waals surface area contributed by atoms with Crippen LogP contribution >= 0.6 is 0 Å². The minimum Gasteiger partial charge on any atom is -0.548 e. The van der Waals surface area contributed by atoms with Crippen LogP contribution < -0.4 is 10.8 Å². The first-order valence-corrected chi connectivity index (χ1v) is 3.00. The number of hydrogen-bond acceptors (Lipinski definition) is 3. The second kappa shape index (κ2) is 5.92. The molecule has 0 saturated heterocycles. The van der Waals surface area contributed by atoms with Gasteiger partial charge in [0.25, 0.3) is 0 Å². The van der Waals surface area contributed by atoms with E-state index in [2.05, 4.69) is 0 Å². The molecule has 64 valence electrons. The zero-order valence-corrected chi connectivity index (χ0v) is 7.54. The number of carbonyl (C=O) groups excluding carboxylic acids is 1. The van der Waals surface area contributed by atoms with Crippen LogP contribution in [-0.4, -0.2) is 12.0 Å². The molecule has 0 saturated carbocycles. The number of carbonyl (C=O) groups is 1. The molecule has 0 aliphatic rings. The van der Waals surface area contributed by atoms with Gasteiger partial charge in [0.1, 0.15) is 0 Å². The fourth-order valence-electron chi connectivity index (χ4n) is 0.604. The van der Waals surface area contributed by atoms with E-state index in [1.54, 1.807) is 0 Å². The Morgan fingerprint density at radius 2 is 2.00 bits per heavy atom. The van der Waals surface area contributed by atoms with Gasteiger partial charge in [-0.15, -0.1) is 0 Å². The standard InChI is InChI=1S/C6H13NO2.Ag/c1-4(2)3-5(7)6(8)9;/h4-5H,3,7H2,1-2H3,(H,8,9);/q;+1/p-1/t5-;/m0./s1. The van der Waals surface area contributed by atoms with Crippen LogP contribution in [0.4, 0.5) is 0 Å². The Kier molecular flexibility index (Phi) is 7.58. The van der Waals surface area contributed by atoms with Crippen molar-refractivity contribution in [2.24, 2.45) is 11.7 Å². The molecule has 0 aromatic carbocycles. The van der Waals surface area contributed by atoms with E-state index in [0.29, 0.717) is 12.3 Å². The Labute approximate surface area is 76.5 Å². The number of carboxylic acids is 1.